The van der Waals surface area contributed by atoms with Crippen molar-refractivity contribution in [1.82, 2.24) is 10.2 Å². The largest absolute Gasteiger partial charge is 0.390 e. The SMILES string of the molecule is CCN(CC)CC(O)CNCCc1ccc(Cl)cc1. The number of hydrogen-bond donors (Lipinski definition) is 2. The molecule has 0 aliphatic carbocycles. The zero-order chi connectivity index (χ0) is 14.1. The molecule has 108 valence electrons. The lowest BCUT2D eigenvalue weighted by molar-refractivity contribution is 0.117. The number of aliphatic hydroxyl groups is 1. The maximum absolute atomic E-state index is 9.89. The molecule has 0 radical (unpaired) electrons. The van der Waals surface area contributed by atoms with E-state index in [0.29, 0.717) is 6.54 Å². The van der Waals surface area contributed by atoms with Crippen molar-refractivity contribution in [2.75, 3.05) is 32.7 Å². The molecule has 0 aliphatic heterocycles. The van der Waals surface area contributed by atoms with Gasteiger partial charge in [0.25, 0.3) is 0 Å². The molecular weight excluding hydrogens is 260 g/mol. The average Bonchev–Trinajstić information content (AvgIpc) is 2.43. The van der Waals surface area contributed by atoms with E-state index in [9.17, 15) is 5.11 Å². The summed E-state index contributed by atoms with van der Waals surface area (Å²) >= 11 is 5.84. The van der Waals surface area contributed by atoms with Gasteiger partial charge in [0.1, 0.15) is 0 Å². The van der Waals surface area contributed by atoms with Gasteiger partial charge in [-0.1, -0.05) is 37.6 Å². The van der Waals surface area contributed by atoms with Gasteiger partial charge in [-0.05, 0) is 43.8 Å². The quantitative estimate of drug-likeness (QED) is 0.682. The molecule has 19 heavy (non-hydrogen) atoms. The Kier molecular flexibility index (Phi) is 8.07. The molecule has 0 spiro atoms. The molecule has 1 aromatic rings. The van der Waals surface area contributed by atoms with Crippen LogP contribution in [0, 0.1) is 0 Å². The van der Waals surface area contributed by atoms with E-state index in [-0.39, 0.29) is 6.10 Å². The number of rotatable bonds is 9. The topological polar surface area (TPSA) is 35.5 Å². The van der Waals surface area contributed by atoms with E-state index in [1.165, 1.54) is 5.56 Å². The highest BCUT2D eigenvalue weighted by atomic mass is 35.5. The van der Waals surface area contributed by atoms with Gasteiger partial charge in [-0.25, -0.2) is 0 Å². The first-order chi connectivity index (χ1) is 9.15. The number of likely N-dealkylation sites (N-methyl/N-ethyl adjacent to an activating group) is 1. The second-order valence-electron chi connectivity index (χ2n) is 4.72. The van der Waals surface area contributed by atoms with E-state index in [1.54, 1.807) is 0 Å². The van der Waals surface area contributed by atoms with Gasteiger partial charge < -0.3 is 15.3 Å². The first-order valence-electron chi connectivity index (χ1n) is 7.01. The summed E-state index contributed by atoms with van der Waals surface area (Å²) < 4.78 is 0. The van der Waals surface area contributed by atoms with Crippen molar-refractivity contribution < 1.29 is 5.11 Å². The molecule has 0 amide bonds. The van der Waals surface area contributed by atoms with Crippen molar-refractivity contribution in [2.45, 2.75) is 26.4 Å². The summed E-state index contributed by atoms with van der Waals surface area (Å²) in [4.78, 5) is 2.23. The van der Waals surface area contributed by atoms with Gasteiger partial charge in [0, 0.05) is 18.1 Å². The van der Waals surface area contributed by atoms with Gasteiger partial charge in [-0.3, -0.25) is 0 Å². The standard InChI is InChI=1S/C15H25ClN2O/c1-3-18(4-2)12-15(19)11-17-10-9-13-5-7-14(16)8-6-13/h5-8,15,17,19H,3-4,9-12H2,1-2H3. The van der Waals surface area contributed by atoms with Crippen LogP contribution in [0.1, 0.15) is 19.4 Å². The van der Waals surface area contributed by atoms with Gasteiger partial charge in [0.05, 0.1) is 6.10 Å². The van der Waals surface area contributed by atoms with Crippen LogP contribution >= 0.6 is 11.6 Å². The Labute approximate surface area is 121 Å². The number of halogens is 1. The predicted molar refractivity (Wildman–Crippen MR) is 81.8 cm³/mol. The van der Waals surface area contributed by atoms with Crippen LogP contribution in [0.5, 0.6) is 0 Å². The molecule has 4 heteroatoms. The lowest BCUT2D eigenvalue weighted by Crippen LogP contribution is -2.38. The van der Waals surface area contributed by atoms with Crippen molar-refractivity contribution in [3.63, 3.8) is 0 Å². The summed E-state index contributed by atoms with van der Waals surface area (Å²) in [7, 11) is 0. The third kappa shape index (κ3) is 6.92. The number of aliphatic hydroxyl groups excluding tert-OH is 1. The van der Waals surface area contributed by atoms with E-state index < -0.39 is 0 Å². The molecule has 1 aromatic carbocycles. The van der Waals surface area contributed by atoms with Crippen molar-refractivity contribution in [1.29, 1.82) is 0 Å². The highest BCUT2D eigenvalue weighted by molar-refractivity contribution is 6.30. The molecule has 0 aromatic heterocycles. The van der Waals surface area contributed by atoms with Crippen LogP contribution in [0.4, 0.5) is 0 Å². The number of hydrogen-bond acceptors (Lipinski definition) is 3. The molecular formula is C15H25ClN2O. The Morgan fingerprint density at radius 1 is 1.21 bits per heavy atom. The van der Waals surface area contributed by atoms with Crippen molar-refractivity contribution in [3.8, 4) is 0 Å². The lowest BCUT2D eigenvalue weighted by Gasteiger charge is -2.22. The van der Waals surface area contributed by atoms with E-state index >= 15 is 0 Å². The van der Waals surface area contributed by atoms with Crippen molar-refractivity contribution >= 4 is 11.6 Å². The Morgan fingerprint density at radius 2 is 1.84 bits per heavy atom. The molecule has 0 heterocycles. The second-order valence-corrected chi connectivity index (χ2v) is 5.16. The van der Waals surface area contributed by atoms with Crippen LogP contribution < -0.4 is 5.32 Å². The summed E-state index contributed by atoms with van der Waals surface area (Å²) in [5.41, 5.74) is 1.26. The van der Waals surface area contributed by atoms with E-state index in [1.807, 2.05) is 24.3 Å². The van der Waals surface area contributed by atoms with Gasteiger partial charge in [-0.15, -0.1) is 0 Å². The molecule has 0 saturated carbocycles. The zero-order valence-electron chi connectivity index (χ0n) is 11.9. The molecule has 1 atom stereocenters. The highest BCUT2D eigenvalue weighted by Crippen LogP contribution is 2.09. The van der Waals surface area contributed by atoms with E-state index in [0.717, 1.165) is 37.6 Å². The third-order valence-corrected chi connectivity index (χ3v) is 3.50. The zero-order valence-corrected chi connectivity index (χ0v) is 12.7. The summed E-state index contributed by atoms with van der Waals surface area (Å²) in [5.74, 6) is 0. The maximum Gasteiger partial charge on any atom is 0.0791 e. The summed E-state index contributed by atoms with van der Waals surface area (Å²) in [5, 5.41) is 14.0. The fraction of sp³-hybridized carbons (Fsp3) is 0.600. The minimum atomic E-state index is -0.301. The van der Waals surface area contributed by atoms with Crippen molar-refractivity contribution in [2.24, 2.45) is 0 Å². The smallest absolute Gasteiger partial charge is 0.0791 e. The summed E-state index contributed by atoms with van der Waals surface area (Å²) in [6, 6.07) is 7.89. The number of benzene rings is 1. The number of nitrogens with zero attached hydrogens (tertiary/aromatic N) is 1. The lowest BCUT2D eigenvalue weighted by atomic mass is 10.1. The van der Waals surface area contributed by atoms with Crippen molar-refractivity contribution in [3.05, 3.63) is 34.9 Å². The Balaban J connectivity index is 2.14. The predicted octanol–water partition coefficient (Wildman–Crippen LogP) is 2.17. The molecule has 1 unspecified atom stereocenters. The number of nitrogens with one attached hydrogen (secondary N) is 1. The monoisotopic (exact) mass is 284 g/mol. The first-order valence-corrected chi connectivity index (χ1v) is 7.39. The van der Waals surface area contributed by atoms with Crippen LogP contribution in [-0.2, 0) is 6.42 Å². The molecule has 0 aliphatic rings. The third-order valence-electron chi connectivity index (χ3n) is 3.25. The fourth-order valence-corrected chi connectivity index (χ4v) is 2.12. The van der Waals surface area contributed by atoms with E-state index in [2.05, 4.69) is 24.1 Å². The minimum Gasteiger partial charge on any atom is -0.390 e. The summed E-state index contributed by atoms with van der Waals surface area (Å²) in [6.45, 7) is 8.45. The molecule has 1 rings (SSSR count). The van der Waals surface area contributed by atoms with Crippen LogP contribution in [0.15, 0.2) is 24.3 Å². The van der Waals surface area contributed by atoms with E-state index in [4.69, 9.17) is 11.6 Å². The highest BCUT2D eigenvalue weighted by Gasteiger charge is 2.07. The minimum absolute atomic E-state index is 0.301. The van der Waals surface area contributed by atoms with Crippen LogP contribution in [-0.4, -0.2) is 48.8 Å². The molecule has 3 nitrogen and oxygen atoms in total. The van der Waals surface area contributed by atoms with Gasteiger partial charge in [-0.2, -0.15) is 0 Å². The second kappa shape index (κ2) is 9.32. The Morgan fingerprint density at radius 3 is 2.42 bits per heavy atom. The van der Waals surface area contributed by atoms with Crippen LogP contribution in [0.3, 0.4) is 0 Å². The fourth-order valence-electron chi connectivity index (χ4n) is 2.00. The van der Waals surface area contributed by atoms with Gasteiger partial charge in [0.15, 0.2) is 0 Å². The molecule has 0 saturated heterocycles. The van der Waals surface area contributed by atoms with Gasteiger partial charge in [0.2, 0.25) is 0 Å². The maximum atomic E-state index is 9.89. The first kappa shape index (κ1) is 16.4. The molecule has 0 bridgehead atoms. The van der Waals surface area contributed by atoms with Crippen LogP contribution in [0.25, 0.3) is 0 Å². The average molecular weight is 285 g/mol. The molecule has 2 N–H and O–H groups in total. The normalized spacial score (nSPS) is 12.9. The molecule has 0 fully saturated rings. The Bertz CT molecular complexity index is 339. The van der Waals surface area contributed by atoms with Gasteiger partial charge >= 0.3 is 0 Å². The Hall–Kier alpha value is -0.610. The summed E-state index contributed by atoms with van der Waals surface area (Å²) in [6.07, 6.45) is 0.653. The van der Waals surface area contributed by atoms with Crippen LogP contribution in [0.2, 0.25) is 5.02 Å².